The second-order valence-electron chi connectivity index (χ2n) is 3.49. The van der Waals surface area contributed by atoms with Crippen LogP contribution in [-0.4, -0.2) is 57.2 Å². The first kappa shape index (κ1) is 17.3. The van der Waals surface area contributed by atoms with E-state index in [4.69, 9.17) is 5.26 Å². The van der Waals surface area contributed by atoms with E-state index in [0.29, 0.717) is 4.31 Å². The zero-order valence-corrected chi connectivity index (χ0v) is 11.8. The molecule has 0 aromatic rings. The maximum absolute atomic E-state index is 12.1. The number of rotatable bonds is 7. The molecule has 0 bridgehead atoms. The van der Waals surface area contributed by atoms with Crippen LogP contribution >= 0.6 is 0 Å². The summed E-state index contributed by atoms with van der Waals surface area (Å²) in [5.41, 5.74) is 0. The van der Waals surface area contributed by atoms with Crippen LogP contribution in [0, 0.1) is 11.3 Å². The summed E-state index contributed by atoms with van der Waals surface area (Å²) < 4.78 is 33.5. The number of sulfonamides is 1. The number of nitriles is 1. The van der Waals surface area contributed by atoms with Crippen molar-refractivity contribution < 1.29 is 27.5 Å². The summed E-state index contributed by atoms with van der Waals surface area (Å²) in [6, 6.07) is 1.62. The number of hydrogen-bond acceptors (Lipinski definition) is 7. The van der Waals surface area contributed by atoms with Crippen LogP contribution in [0.1, 0.15) is 13.3 Å². The molecule has 0 spiro atoms. The lowest BCUT2D eigenvalue weighted by atomic mass is 10.4. The highest BCUT2D eigenvalue weighted by molar-refractivity contribution is 7.90. The molecule has 0 aromatic carbocycles. The molecular formula is C10H16N2O6S. The lowest BCUT2D eigenvalue weighted by Gasteiger charge is -2.21. The third kappa shape index (κ3) is 4.84. The molecule has 0 aromatic heterocycles. The van der Waals surface area contributed by atoms with Crippen molar-refractivity contribution in [2.24, 2.45) is 0 Å². The van der Waals surface area contributed by atoms with E-state index < -0.39 is 40.3 Å². The molecule has 0 aliphatic carbocycles. The van der Waals surface area contributed by atoms with E-state index >= 15 is 0 Å². The molecule has 1 unspecified atom stereocenters. The average Bonchev–Trinajstić information content (AvgIpc) is 2.38. The number of methoxy groups -OCH3 is 2. The summed E-state index contributed by atoms with van der Waals surface area (Å²) in [5, 5.41) is 7.47. The second kappa shape index (κ2) is 7.70. The van der Waals surface area contributed by atoms with Crippen molar-refractivity contribution in [1.29, 1.82) is 5.26 Å². The molecule has 108 valence electrons. The van der Waals surface area contributed by atoms with Crippen LogP contribution in [0.5, 0.6) is 0 Å². The van der Waals surface area contributed by atoms with E-state index in [1.54, 1.807) is 6.07 Å². The highest BCUT2D eigenvalue weighted by Gasteiger charge is 2.34. The monoisotopic (exact) mass is 292 g/mol. The van der Waals surface area contributed by atoms with Gasteiger partial charge in [0.15, 0.2) is 5.25 Å². The van der Waals surface area contributed by atoms with Gasteiger partial charge in [0.05, 0.1) is 20.3 Å². The summed E-state index contributed by atoms with van der Waals surface area (Å²) >= 11 is 0. The van der Waals surface area contributed by atoms with Gasteiger partial charge in [-0.3, -0.25) is 9.59 Å². The first-order chi connectivity index (χ1) is 8.83. The van der Waals surface area contributed by atoms with E-state index in [-0.39, 0.29) is 6.42 Å². The Kier molecular flexibility index (Phi) is 7.03. The highest BCUT2D eigenvalue weighted by Crippen LogP contribution is 2.12. The van der Waals surface area contributed by atoms with Gasteiger partial charge in [0.2, 0.25) is 10.0 Å². The van der Waals surface area contributed by atoms with Gasteiger partial charge in [-0.2, -0.15) is 9.57 Å². The van der Waals surface area contributed by atoms with Gasteiger partial charge >= 0.3 is 11.9 Å². The molecule has 0 aliphatic heterocycles. The van der Waals surface area contributed by atoms with Crippen molar-refractivity contribution >= 4 is 22.0 Å². The fourth-order valence-corrected chi connectivity index (χ4v) is 2.69. The van der Waals surface area contributed by atoms with Gasteiger partial charge in [-0.15, -0.1) is 0 Å². The summed E-state index contributed by atoms with van der Waals surface area (Å²) in [6.07, 6.45) is 0.0394. The Morgan fingerprint density at radius 1 is 1.21 bits per heavy atom. The van der Waals surface area contributed by atoms with E-state index in [1.165, 1.54) is 6.92 Å². The SMILES string of the molecule is CCC(C#N)S(=O)(=O)N(CC(=O)OC)CC(=O)OC. The van der Waals surface area contributed by atoms with Crippen LogP contribution in [-0.2, 0) is 29.1 Å². The van der Waals surface area contributed by atoms with E-state index in [9.17, 15) is 18.0 Å². The Morgan fingerprint density at radius 3 is 1.89 bits per heavy atom. The smallest absolute Gasteiger partial charge is 0.321 e. The molecule has 0 rings (SSSR count). The summed E-state index contributed by atoms with van der Waals surface area (Å²) in [7, 11) is -1.92. The van der Waals surface area contributed by atoms with Crippen molar-refractivity contribution in [2.75, 3.05) is 27.3 Å². The van der Waals surface area contributed by atoms with E-state index in [2.05, 4.69) is 9.47 Å². The van der Waals surface area contributed by atoms with Crippen molar-refractivity contribution in [3.8, 4) is 6.07 Å². The van der Waals surface area contributed by atoms with E-state index in [1.807, 2.05) is 0 Å². The third-order valence-corrected chi connectivity index (χ3v) is 4.44. The lowest BCUT2D eigenvalue weighted by Crippen LogP contribution is -2.44. The van der Waals surface area contributed by atoms with Crippen LogP contribution in [0.4, 0.5) is 0 Å². The standard InChI is InChI=1S/C10H16N2O6S/c1-4-8(5-11)19(15,16)12(6-9(13)17-2)7-10(14)18-3/h8H,4,6-7H2,1-3H3. The summed E-state index contributed by atoms with van der Waals surface area (Å²) in [4.78, 5) is 22.3. The molecule has 0 saturated heterocycles. The minimum Gasteiger partial charge on any atom is -0.468 e. The Morgan fingerprint density at radius 2 is 1.63 bits per heavy atom. The van der Waals surface area contributed by atoms with Gasteiger partial charge in [-0.05, 0) is 6.42 Å². The molecule has 0 aliphatic rings. The molecule has 0 radical (unpaired) electrons. The maximum Gasteiger partial charge on any atom is 0.321 e. The largest absolute Gasteiger partial charge is 0.468 e. The van der Waals surface area contributed by atoms with Crippen molar-refractivity contribution in [3.63, 3.8) is 0 Å². The Bertz CT molecular complexity index is 449. The lowest BCUT2D eigenvalue weighted by molar-refractivity contribution is -0.143. The van der Waals surface area contributed by atoms with Gasteiger partial charge in [-0.1, -0.05) is 6.92 Å². The Labute approximate surface area is 111 Å². The molecule has 19 heavy (non-hydrogen) atoms. The van der Waals surface area contributed by atoms with Crippen molar-refractivity contribution in [1.82, 2.24) is 4.31 Å². The van der Waals surface area contributed by atoms with Crippen LogP contribution in [0.3, 0.4) is 0 Å². The highest BCUT2D eigenvalue weighted by atomic mass is 32.2. The third-order valence-electron chi connectivity index (χ3n) is 2.30. The normalized spacial score (nSPS) is 12.6. The van der Waals surface area contributed by atoms with Crippen LogP contribution in [0.25, 0.3) is 0 Å². The fraction of sp³-hybridized carbons (Fsp3) is 0.700. The molecular weight excluding hydrogens is 276 g/mol. The molecule has 0 amide bonds. The first-order valence-electron chi connectivity index (χ1n) is 5.35. The zero-order valence-electron chi connectivity index (χ0n) is 11.0. The Hall–Kier alpha value is -1.66. The van der Waals surface area contributed by atoms with Crippen LogP contribution < -0.4 is 0 Å². The number of carbonyl (C=O) groups is 2. The second-order valence-corrected chi connectivity index (χ2v) is 5.61. The summed E-state index contributed by atoms with van der Waals surface area (Å²) in [6.45, 7) is 0.220. The predicted molar refractivity (Wildman–Crippen MR) is 64.2 cm³/mol. The number of esters is 2. The van der Waals surface area contributed by atoms with Gasteiger partial charge in [0, 0.05) is 0 Å². The molecule has 0 saturated carbocycles. The van der Waals surface area contributed by atoms with Crippen molar-refractivity contribution in [2.45, 2.75) is 18.6 Å². The van der Waals surface area contributed by atoms with Crippen LogP contribution in [0.2, 0.25) is 0 Å². The number of ether oxygens (including phenoxy) is 2. The molecule has 0 heterocycles. The topological polar surface area (TPSA) is 114 Å². The van der Waals surface area contributed by atoms with Gasteiger partial charge in [0.25, 0.3) is 0 Å². The van der Waals surface area contributed by atoms with Gasteiger partial charge < -0.3 is 9.47 Å². The maximum atomic E-state index is 12.1. The fourth-order valence-electron chi connectivity index (χ4n) is 1.20. The van der Waals surface area contributed by atoms with Crippen molar-refractivity contribution in [3.05, 3.63) is 0 Å². The minimum absolute atomic E-state index is 0.0394. The molecule has 8 nitrogen and oxygen atoms in total. The average molecular weight is 292 g/mol. The number of nitrogens with zero attached hydrogens (tertiary/aromatic N) is 2. The predicted octanol–water partition coefficient (Wildman–Crippen LogP) is -0.734. The molecule has 0 N–H and O–H groups in total. The number of carbonyl (C=O) groups excluding carboxylic acids is 2. The molecule has 1 atom stereocenters. The van der Waals surface area contributed by atoms with Crippen LogP contribution in [0.15, 0.2) is 0 Å². The zero-order chi connectivity index (χ0) is 15.1. The molecule has 9 heteroatoms. The van der Waals surface area contributed by atoms with E-state index in [0.717, 1.165) is 14.2 Å². The molecule has 0 fully saturated rings. The Balaban J connectivity index is 5.28. The van der Waals surface area contributed by atoms with Gasteiger partial charge in [0.1, 0.15) is 13.1 Å². The summed E-state index contributed by atoms with van der Waals surface area (Å²) in [5.74, 6) is -1.67. The minimum atomic E-state index is -4.10. The quantitative estimate of drug-likeness (QED) is 0.568. The number of hydrogen-bond donors (Lipinski definition) is 0. The van der Waals surface area contributed by atoms with Gasteiger partial charge in [-0.25, -0.2) is 8.42 Å². The first-order valence-corrected chi connectivity index (χ1v) is 6.86.